The summed E-state index contributed by atoms with van der Waals surface area (Å²) in [6.45, 7) is 1.80. The van der Waals surface area contributed by atoms with E-state index in [1.165, 1.54) is 0 Å². The van der Waals surface area contributed by atoms with Crippen molar-refractivity contribution in [3.63, 3.8) is 0 Å². The third-order valence-corrected chi connectivity index (χ3v) is 5.47. The quantitative estimate of drug-likeness (QED) is 0.608. The molecule has 8 nitrogen and oxygen atoms in total. The van der Waals surface area contributed by atoms with E-state index >= 15 is 0 Å². The molecule has 2 aromatic rings. The smallest absolute Gasteiger partial charge is 0.274 e. The lowest BCUT2D eigenvalue weighted by atomic mass is 9.96. The maximum Gasteiger partial charge on any atom is 0.274 e. The molecule has 4 rings (SSSR count). The second-order valence-corrected chi connectivity index (χ2v) is 7.23. The number of rotatable bonds is 3. The van der Waals surface area contributed by atoms with Crippen LogP contribution in [0.1, 0.15) is 40.4 Å². The predicted molar refractivity (Wildman–Crippen MR) is 102 cm³/mol. The molecule has 3 heterocycles. The molecule has 2 aliphatic heterocycles. The van der Waals surface area contributed by atoms with E-state index in [0.29, 0.717) is 38.3 Å². The molecule has 2 aliphatic rings. The molecule has 1 aromatic carbocycles. The van der Waals surface area contributed by atoms with E-state index in [1.807, 2.05) is 17.0 Å². The van der Waals surface area contributed by atoms with Crippen LogP contribution in [0.3, 0.4) is 0 Å². The first-order valence-electron chi connectivity index (χ1n) is 9.65. The molecule has 1 aromatic heterocycles. The summed E-state index contributed by atoms with van der Waals surface area (Å²) in [6, 6.07) is 8.44. The average Bonchev–Trinajstić information content (AvgIpc) is 2.98. The zero-order valence-corrected chi connectivity index (χ0v) is 15.9. The average molecular weight is 397 g/mol. The minimum Gasteiger partial charge on any atom is -0.491 e. The van der Waals surface area contributed by atoms with Gasteiger partial charge < -0.3 is 14.4 Å². The lowest BCUT2D eigenvalue weighted by Gasteiger charge is -2.33. The molecule has 0 bridgehead atoms. The fourth-order valence-electron chi connectivity index (χ4n) is 3.84. The van der Waals surface area contributed by atoms with Crippen molar-refractivity contribution in [3.8, 4) is 5.75 Å². The molecular formula is C21H23N3O5. The minimum atomic E-state index is -0.611. The summed E-state index contributed by atoms with van der Waals surface area (Å²) in [5, 5.41) is 8.89. The van der Waals surface area contributed by atoms with E-state index in [-0.39, 0.29) is 30.0 Å². The number of carbonyl (C=O) groups excluding carboxylic acids is 2. The number of nitrogens with zero attached hydrogens (tertiary/aromatic N) is 2. The van der Waals surface area contributed by atoms with Crippen molar-refractivity contribution in [2.75, 3.05) is 19.8 Å². The van der Waals surface area contributed by atoms with E-state index in [9.17, 15) is 9.59 Å². The van der Waals surface area contributed by atoms with Crippen LogP contribution >= 0.6 is 0 Å². The molecule has 0 spiro atoms. The lowest BCUT2D eigenvalue weighted by molar-refractivity contribution is -0.142. The van der Waals surface area contributed by atoms with Gasteiger partial charge in [0.25, 0.3) is 5.91 Å². The highest BCUT2D eigenvalue weighted by molar-refractivity contribution is 5.93. The van der Waals surface area contributed by atoms with E-state index < -0.39 is 5.91 Å². The van der Waals surface area contributed by atoms with Crippen LogP contribution in [0.4, 0.5) is 0 Å². The van der Waals surface area contributed by atoms with Crippen LogP contribution in [0.25, 0.3) is 0 Å². The first-order chi connectivity index (χ1) is 14.2. The third kappa shape index (κ3) is 4.08. The predicted octanol–water partition coefficient (Wildman–Crippen LogP) is 2.09. The van der Waals surface area contributed by atoms with Crippen LogP contribution in [-0.2, 0) is 16.1 Å². The maximum atomic E-state index is 13.4. The van der Waals surface area contributed by atoms with E-state index in [2.05, 4.69) is 4.98 Å². The highest BCUT2D eigenvalue weighted by Gasteiger charge is 2.34. The zero-order valence-electron chi connectivity index (χ0n) is 15.9. The summed E-state index contributed by atoms with van der Waals surface area (Å²) in [5.74, 6) is -0.0819. The molecule has 1 fully saturated rings. The number of aromatic nitrogens is 1. The normalized spacial score (nSPS) is 19.6. The minimum absolute atomic E-state index is 0.0794. The van der Waals surface area contributed by atoms with Gasteiger partial charge in [0.15, 0.2) is 0 Å². The van der Waals surface area contributed by atoms with Gasteiger partial charge in [0, 0.05) is 42.7 Å². The van der Waals surface area contributed by atoms with E-state index in [0.717, 1.165) is 11.1 Å². The molecule has 0 radical (unpaired) electrons. The number of hydrogen-bond acceptors (Lipinski definition) is 6. The Bertz CT molecular complexity index is 883. The van der Waals surface area contributed by atoms with Gasteiger partial charge in [0.1, 0.15) is 12.4 Å². The van der Waals surface area contributed by atoms with Crippen molar-refractivity contribution in [2.45, 2.75) is 25.4 Å². The number of carbonyl (C=O) groups is 2. The summed E-state index contributed by atoms with van der Waals surface area (Å²) in [4.78, 5) is 31.2. The summed E-state index contributed by atoms with van der Waals surface area (Å²) in [6.07, 6.45) is 4.86. The Balaban J connectivity index is 1.68. The van der Waals surface area contributed by atoms with Gasteiger partial charge in [-0.3, -0.25) is 19.8 Å². The van der Waals surface area contributed by atoms with Gasteiger partial charge >= 0.3 is 0 Å². The topological polar surface area (TPSA) is 101 Å². The molecule has 1 saturated heterocycles. The van der Waals surface area contributed by atoms with Crippen LogP contribution in [0.15, 0.2) is 42.7 Å². The Morgan fingerprint density at radius 1 is 1.21 bits per heavy atom. The van der Waals surface area contributed by atoms with Gasteiger partial charge in [-0.05, 0) is 36.6 Å². The molecule has 2 amide bonds. The van der Waals surface area contributed by atoms with Crippen molar-refractivity contribution < 1.29 is 24.3 Å². The number of fused-ring (bicyclic) bond motifs is 1. The van der Waals surface area contributed by atoms with Crippen LogP contribution in [-0.4, -0.2) is 46.7 Å². The molecule has 2 N–H and O–H groups in total. The largest absolute Gasteiger partial charge is 0.491 e. The number of pyridine rings is 1. The Hall–Kier alpha value is -2.97. The Morgan fingerprint density at radius 3 is 2.76 bits per heavy atom. The number of benzene rings is 1. The molecule has 152 valence electrons. The molecule has 0 aliphatic carbocycles. The number of hydroxylamine groups is 1. The van der Waals surface area contributed by atoms with Crippen molar-refractivity contribution >= 4 is 11.8 Å². The first kappa shape index (κ1) is 19.4. The van der Waals surface area contributed by atoms with Crippen molar-refractivity contribution in [3.05, 3.63) is 59.4 Å². The molecule has 8 heteroatoms. The van der Waals surface area contributed by atoms with Crippen molar-refractivity contribution in [1.29, 1.82) is 0 Å². The van der Waals surface area contributed by atoms with Crippen LogP contribution in [0.5, 0.6) is 5.75 Å². The summed E-state index contributed by atoms with van der Waals surface area (Å²) in [7, 11) is 0. The lowest BCUT2D eigenvalue weighted by Crippen LogP contribution is -2.41. The van der Waals surface area contributed by atoms with Crippen molar-refractivity contribution in [2.24, 2.45) is 5.92 Å². The second-order valence-electron chi connectivity index (χ2n) is 7.23. The van der Waals surface area contributed by atoms with Crippen LogP contribution in [0.2, 0.25) is 0 Å². The van der Waals surface area contributed by atoms with Gasteiger partial charge in [0.05, 0.1) is 12.6 Å². The van der Waals surface area contributed by atoms with Gasteiger partial charge in [-0.15, -0.1) is 0 Å². The zero-order chi connectivity index (χ0) is 20.2. The van der Waals surface area contributed by atoms with Crippen LogP contribution < -0.4 is 10.2 Å². The number of nitrogens with one attached hydrogen (secondary N) is 1. The van der Waals surface area contributed by atoms with Crippen molar-refractivity contribution in [1.82, 2.24) is 15.4 Å². The Kier molecular flexibility index (Phi) is 5.73. The first-order valence-corrected chi connectivity index (χ1v) is 9.65. The SMILES string of the molecule is O=C(NO)c1ccc2c(c1)OC[C@@H](c1cccnc1)N(C(=O)C1CCOCC1)C2. The molecule has 29 heavy (non-hydrogen) atoms. The summed E-state index contributed by atoms with van der Waals surface area (Å²) < 4.78 is 11.4. The Morgan fingerprint density at radius 2 is 2.03 bits per heavy atom. The third-order valence-electron chi connectivity index (χ3n) is 5.47. The molecular weight excluding hydrogens is 374 g/mol. The van der Waals surface area contributed by atoms with Gasteiger partial charge in [-0.25, -0.2) is 5.48 Å². The fraction of sp³-hybridized carbons (Fsp3) is 0.381. The van der Waals surface area contributed by atoms with E-state index in [4.69, 9.17) is 14.7 Å². The molecule has 0 saturated carbocycles. The summed E-state index contributed by atoms with van der Waals surface area (Å²) in [5.41, 5.74) is 3.62. The standard InChI is InChI=1S/C21H23N3O5/c25-20(23-27)15-3-4-17-12-24(21(26)14-5-8-28-9-6-14)18(13-29-19(17)10-15)16-2-1-7-22-11-16/h1-4,7,10-11,14,18,27H,5-6,8-9,12-13H2,(H,23,25)/t18-/m0/s1. The van der Waals surface area contributed by atoms with Gasteiger partial charge in [-0.2, -0.15) is 0 Å². The molecule has 0 unspecified atom stereocenters. The number of ether oxygens (including phenoxy) is 2. The fourth-order valence-corrected chi connectivity index (χ4v) is 3.84. The van der Waals surface area contributed by atoms with E-state index in [1.54, 1.807) is 36.1 Å². The number of hydrogen-bond donors (Lipinski definition) is 2. The highest BCUT2D eigenvalue weighted by Crippen LogP contribution is 2.34. The number of amides is 2. The maximum absolute atomic E-state index is 13.4. The highest BCUT2D eigenvalue weighted by atomic mass is 16.5. The van der Waals surface area contributed by atoms with Crippen LogP contribution in [0, 0.1) is 5.92 Å². The second kappa shape index (κ2) is 8.59. The van der Waals surface area contributed by atoms with Gasteiger partial charge in [-0.1, -0.05) is 12.1 Å². The van der Waals surface area contributed by atoms with Gasteiger partial charge in [0.2, 0.25) is 5.91 Å². The molecule has 1 atom stereocenters. The Labute approximate surface area is 168 Å². The summed E-state index contributed by atoms with van der Waals surface area (Å²) >= 11 is 0. The monoisotopic (exact) mass is 397 g/mol.